The lowest BCUT2D eigenvalue weighted by molar-refractivity contribution is -0.117. The highest BCUT2D eigenvalue weighted by Crippen LogP contribution is 2.18. The molecule has 4 N–H and O–H groups in total. The van der Waals surface area contributed by atoms with Gasteiger partial charge in [0.05, 0.1) is 15.7 Å². The number of carbonyl (C=O) groups is 1. The first kappa shape index (κ1) is 11.6. The first-order valence-electron chi connectivity index (χ1n) is 4.22. The van der Waals surface area contributed by atoms with Gasteiger partial charge in [-0.15, -0.1) is 0 Å². The van der Waals surface area contributed by atoms with E-state index in [2.05, 4.69) is 0 Å². The van der Waals surface area contributed by atoms with Crippen LogP contribution in [0.2, 0.25) is 0 Å². The first-order valence-corrected chi connectivity index (χ1v) is 5.54. The molecule has 1 aromatic carbocycles. The van der Waals surface area contributed by atoms with E-state index < -0.39 is 22.5 Å². The summed E-state index contributed by atoms with van der Waals surface area (Å²) in [5, 5.41) is 0. The molecule has 4 nitrogen and oxygen atoms in total. The number of anilines is 1. The standard InChI is InChI=1S/C9H11FN2O2S/c10-6-1-2-7(11)8(5-6)15(14)4-3-9(12)13/h1-2,5H,3-4,11H2,(H2,12,13). The van der Waals surface area contributed by atoms with Crippen molar-refractivity contribution >= 4 is 22.4 Å². The predicted octanol–water partition coefficient (Wildman–Crippen LogP) is 0.391. The molecule has 0 aliphatic heterocycles. The summed E-state index contributed by atoms with van der Waals surface area (Å²) in [6, 6.07) is 3.63. The average Bonchev–Trinajstić information content (AvgIpc) is 2.18. The highest BCUT2D eigenvalue weighted by Gasteiger charge is 2.10. The van der Waals surface area contributed by atoms with Gasteiger partial charge in [0.25, 0.3) is 0 Å². The Morgan fingerprint density at radius 3 is 2.73 bits per heavy atom. The fourth-order valence-corrected chi connectivity index (χ4v) is 2.19. The maximum atomic E-state index is 12.8. The van der Waals surface area contributed by atoms with E-state index in [1.807, 2.05) is 0 Å². The molecule has 1 unspecified atom stereocenters. The number of hydrogen-bond donors (Lipinski definition) is 2. The van der Waals surface area contributed by atoms with Gasteiger partial charge in [-0.2, -0.15) is 0 Å². The molecule has 0 aromatic heterocycles. The third kappa shape index (κ3) is 3.32. The third-order valence-corrected chi connectivity index (χ3v) is 3.17. The highest BCUT2D eigenvalue weighted by molar-refractivity contribution is 7.85. The Bertz CT molecular complexity index is 409. The van der Waals surface area contributed by atoms with Crippen LogP contribution in [-0.2, 0) is 15.6 Å². The van der Waals surface area contributed by atoms with Crippen molar-refractivity contribution in [2.24, 2.45) is 5.73 Å². The fraction of sp³-hybridized carbons (Fsp3) is 0.222. The summed E-state index contributed by atoms with van der Waals surface area (Å²) in [4.78, 5) is 10.7. The predicted molar refractivity (Wildman–Crippen MR) is 55.9 cm³/mol. The first-order chi connectivity index (χ1) is 7.00. The number of amides is 1. The molecule has 0 aliphatic carbocycles. The topological polar surface area (TPSA) is 86.2 Å². The molecular weight excluding hydrogens is 219 g/mol. The molecule has 82 valence electrons. The van der Waals surface area contributed by atoms with E-state index in [1.54, 1.807) is 0 Å². The van der Waals surface area contributed by atoms with Crippen molar-refractivity contribution in [3.8, 4) is 0 Å². The second kappa shape index (κ2) is 4.88. The molecule has 0 aliphatic rings. The second-order valence-electron chi connectivity index (χ2n) is 2.95. The summed E-state index contributed by atoms with van der Waals surface area (Å²) in [7, 11) is -1.49. The Morgan fingerprint density at radius 1 is 1.47 bits per heavy atom. The van der Waals surface area contributed by atoms with Crippen LogP contribution < -0.4 is 11.5 Å². The maximum absolute atomic E-state index is 12.8. The van der Waals surface area contributed by atoms with Crippen molar-refractivity contribution in [3.63, 3.8) is 0 Å². The van der Waals surface area contributed by atoms with Gasteiger partial charge in [-0.3, -0.25) is 9.00 Å². The van der Waals surface area contributed by atoms with Gasteiger partial charge in [-0.1, -0.05) is 0 Å². The van der Waals surface area contributed by atoms with Crippen LogP contribution in [0.3, 0.4) is 0 Å². The lowest BCUT2D eigenvalue weighted by atomic mass is 10.3. The van der Waals surface area contributed by atoms with Gasteiger partial charge in [0.15, 0.2) is 0 Å². The monoisotopic (exact) mass is 230 g/mol. The molecule has 0 bridgehead atoms. The Balaban J connectivity index is 2.81. The van der Waals surface area contributed by atoms with Crippen LogP contribution in [0.15, 0.2) is 23.1 Å². The van der Waals surface area contributed by atoms with Gasteiger partial charge in [0, 0.05) is 17.9 Å². The minimum atomic E-state index is -1.49. The van der Waals surface area contributed by atoms with Crippen molar-refractivity contribution in [2.75, 3.05) is 11.5 Å². The van der Waals surface area contributed by atoms with Crippen LogP contribution in [0.25, 0.3) is 0 Å². The molecule has 1 aromatic rings. The van der Waals surface area contributed by atoms with E-state index in [0.29, 0.717) is 0 Å². The molecule has 0 heterocycles. The van der Waals surface area contributed by atoms with Crippen molar-refractivity contribution in [2.45, 2.75) is 11.3 Å². The van der Waals surface area contributed by atoms with E-state index in [9.17, 15) is 13.4 Å². The largest absolute Gasteiger partial charge is 0.398 e. The molecule has 0 saturated heterocycles. The van der Waals surface area contributed by atoms with E-state index in [-0.39, 0.29) is 22.8 Å². The smallest absolute Gasteiger partial charge is 0.218 e. The van der Waals surface area contributed by atoms with Gasteiger partial charge < -0.3 is 11.5 Å². The zero-order valence-electron chi connectivity index (χ0n) is 7.90. The Labute approximate surface area is 88.9 Å². The molecule has 0 spiro atoms. The average molecular weight is 230 g/mol. The number of hydrogen-bond acceptors (Lipinski definition) is 3. The van der Waals surface area contributed by atoms with Gasteiger partial charge in [-0.05, 0) is 18.2 Å². The quantitative estimate of drug-likeness (QED) is 0.734. The number of benzene rings is 1. The van der Waals surface area contributed by atoms with E-state index >= 15 is 0 Å². The molecule has 1 atom stereocenters. The van der Waals surface area contributed by atoms with Gasteiger partial charge in [0.1, 0.15) is 5.82 Å². The molecule has 1 rings (SSSR count). The van der Waals surface area contributed by atoms with Crippen molar-refractivity contribution < 1.29 is 13.4 Å². The minimum Gasteiger partial charge on any atom is -0.398 e. The molecule has 15 heavy (non-hydrogen) atoms. The van der Waals surface area contributed by atoms with Crippen molar-refractivity contribution in [3.05, 3.63) is 24.0 Å². The van der Waals surface area contributed by atoms with Crippen LogP contribution >= 0.6 is 0 Å². The summed E-state index contributed by atoms with van der Waals surface area (Å²) in [5.74, 6) is -0.992. The fourth-order valence-electron chi connectivity index (χ4n) is 1.01. The zero-order valence-corrected chi connectivity index (χ0v) is 8.72. The van der Waals surface area contributed by atoms with E-state index in [4.69, 9.17) is 11.5 Å². The summed E-state index contributed by atoms with van der Waals surface area (Å²) in [5.41, 5.74) is 10.7. The summed E-state index contributed by atoms with van der Waals surface area (Å²) in [6.45, 7) is 0. The SMILES string of the molecule is NC(=O)CCS(=O)c1cc(F)ccc1N. The molecule has 0 saturated carbocycles. The number of halogens is 1. The normalized spacial score (nSPS) is 12.3. The van der Waals surface area contributed by atoms with E-state index in [1.165, 1.54) is 12.1 Å². The lowest BCUT2D eigenvalue weighted by Crippen LogP contribution is -2.14. The second-order valence-corrected chi connectivity index (χ2v) is 4.49. The number of carbonyl (C=O) groups excluding carboxylic acids is 1. The summed E-state index contributed by atoms with van der Waals surface area (Å²) < 4.78 is 24.4. The maximum Gasteiger partial charge on any atom is 0.218 e. The molecule has 1 amide bonds. The Hall–Kier alpha value is -1.43. The zero-order chi connectivity index (χ0) is 11.4. The van der Waals surface area contributed by atoms with E-state index in [0.717, 1.165) is 6.07 Å². The van der Waals surface area contributed by atoms with Crippen LogP contribution in [0.4, 0.5) is 10.1 Å². The lowest BCUT2D eigenvalue weighted by Gasteiger charge is -2.04. The Kier molecular flexibility index (Phi) is 3.79. The van der Waals surface area contributed by atoms with Crippen LogP contribution in [0.1, 0.15) is 6.42 Å². The van der Waals surface area contributed by atoms with Crippen LogP contribution in [0.5, 0.6) is 0 Å². The highest BCUT2D eigenvalue weighted by atomic mass is 32.2. The van der Waals surface area contributed by atoms with Crippen molar-refractivity contribution in [1.82, 2.24) is 0 Å². The molecule has 6 heteroatoms. The number of nitrogens with two attached hydrogens (primary N) is 2. The van der Waals surface area contributed by atoms with Crippen LogP contribution in [-0.4, -0.2) is 15.9 Å². The van der Waals surface area contributed by atoms with Gasteiger partial charge in [0.2, 0.25) is 5.91 Å². The van der Waals surface area contributed by atoms with Crippen LogP contribution in [0, 0.1) is 5.82 Å². The number of primary amides is 1. The number of nitrogen functional groups attached to an aromatic ring is 1. The van der Waals surface area contributed by atoms with Gasteiger partial charge in [-0.25, -0.2) is 4.39 Å². The molecule has 0 fully saturated rings. The van der Waals surface area contributed by atoms with Crippen molar-refractivity contribution in [1.29, 1.82) is 0 Å². The molecular formula is C9H11FN2O2S. The summed E-state index contributed by atoms with van der Waals surface area (Å²) in [6.07, 6.45) is -0.0113. The number of rotatable bonds is 4. The minimum absolute atomic E-state index is 0.0113. The summed E-state index contributed by atoms with van der Waals surface area (Å²) >= 11 is 0. The Morgan fingerprint density at radius 2 is 2.13 bits per heavy atom. The molecule has 0 radical (unpaired) electrons. The van der Waals surface area contributed by atoms with Gasteiger partial charge >= 0.3 is 0 Å². The third-order valence-electron chi connectivity index (χ3n) is 1.75.